The van der Waals surface area contributed by atoms with E-state index in [0.29, 0.717) is 6.07 Å². The molecule has 1 heterocycles. The normalized spacial score (nSPS) is 22.4. The average molecular weight is 389 g/mol. The fourth-order valence-corrected chi connectivity index (χ4v) is 3.23. The first-order chi connectivity index (χ1) is 12.1. The molecule has 0 N–H and O–H groups in total. The van der Waals surface area contributed by atoms with Gasteiger partial charge in [-0.1, -0.05) is 11.6 Å². The third-order valence-electron chi connectivity index (χ3n) is 4.23. The van der Waals surface area contributed by atoms with Crippen molar-refractivity contribution in [3.63, 3.8) is 0 Å². The highest BCUT2D eigenvalue weighted by atomic mass is 35.5. The fourth-order valence-electron chi connectivity index (χ4n) is 2.98. The van der Waals surface area contributed by atoms with E-state index in [4.69, 9.17) is 16.3 Å². The summed E-state index contributed by atoms with van der Waals surface area (Å²) in [6, 6.07) is 5.76. The molecule has 0 radical (unpaired) electrons. The van der Waals surface area contributed by atoms with Gasteiger partial charge < -0.3 is 4.74 Å². The summed E-state index contributed by atoms with van der Waals surface area (Å²) in [5.74, 6) is -2.17. The summed E-state index contributed by atoms with van der Waals surface area (Å²) in [7, 11) is 0. The van der Waals surface area contributed by atoms with Crippen LogP contribution < -0.4 is 4.74 Å². The van der Waals surface area contributed by atoms with E-state index in [-0.39, 0.29) is 18.4 Å². The van der Waals surface area contributed by atoms with Crippen molar-refractivity contribution in [2.75, 3.05) is 0 Å². The number of benzene rings is 1. The van der Waals surface area contributed by atoms with E-state index in [0.717, 1.165) is 24.4 Å². The van der Waals surface area contributed by atoms with Crippen molar-refractivity contribution < 1.29 is 26.7 Å². The van der Waals surface area contributed by atoms with Crippen molar-refractivity contribution in [2.45, 2.75) is 30.5 Å². The van der Waals surface area contributed by atoms with Gasteiger partial charge in [-0.2, -0.15) is 18.4 Å². The zero-order valence-electron chi connectivity index (χ0n) is 12.9. The number of nitrogens with zero attached hydrogens (tertiary/aromatic N) is 2. The molecule has 1 fully saturated rings. The van der Waals surface area contributed by atoms with Crippen molar-refractivity contribution in [3.8, 4) is 11.8 Å². The van der Waals surface area contributed by atoms with E-state index >= 15 is 0 Å². The maximum absolute atomic E-state index is 13.4. The predicted octanol–water partition coefficient (Wildman–Crippen LogP) is 5.03. The van der Waals surface area contributed by atoms with Crippen LogP contribution in [-0.2, 0) is 11.6 Å². The number of alkyl halides is 3. The highest BCUT2D eigenvalue weighted by Crippen LogP contribution is 2.47. The minimum absolute atomic E-state index is 0.0103. The van der Waals surface area contributed by atoms with Crippen molar-refractivity contribution in [1.29, 1.82) is 5.26 Å². The van der Waals surface area contributed by atoms with Crippen LogP contribution in [0.4, 0.5) is 22.0 Å². The predicted molar refractivity (Wildman–Crippen MR) is 81.5 cm³/mol. The number of nitriles is 1. The number of hydrogen-bond acceptors (Lipinski definition) is 3. The van der Waals surface area contributed by atoms with Gasteiger partial charge in [0.15, 0.2) is 0 Å². The van der Waals surface area contributed by atoms with E-state index in [2.05, 4.69) is 4.98 Å². The van der Waals surface area contributed by atoms with Gasteiger partial charge in [0.25, 0.3) is 0 Å². The van der Waals surface area contributed by atoms with Gasteiger partial charge in [-0.3, -0.25) is 0 Å². The lowest BCUT2D eigenvalue weighted by Crippen LogP contribution is -2.46. The summed E-state index contributed by atoms with van der Waals surface area (Å²) in [4.78, 5) is 3.40. The Balaban J connectivity index is 1.82. The first-order valence-electron chi connectivity index (χ1n) is 7.41. The van der Waals surface area contributed by atoms with Gasteiger partial charge in [0.1, 0.15) is 34.2 Å². The largest absolute Gasteiger partial charge is 0.489 e. The molecule has 26 heavy (non-hydrogen) atoms. The van der Waals surface area contributed by atoms with Gasteiger partial charge >= 0.3 is 6.18 Å². The monoisotopic (exact) mass is 388 g/mol. The van der Waals surface area contributed by atoms with Crippen LogP contribution in [0.1, 0.15) is 24.0 Å². The van der Waals surface area contributed by atoms with Crippen LogP contribution in [0.25, 0.3) is 0 Å². The molecule has 1 aliphatic rings. The molecule has 0 amide bonds. The number of halogens is 6. The molecule has 1 aromatic carbocycles. The Bertz CT molecular complexity index is 867. The standard InChI is InChI=1S/C17H10ClF5N2O/c18-15-14(17(21,22)23)13(1-2-25-15)26-12-6-16(7-12,8-24)9-3-10(19)5-11(20)4-9/h1-5,12H,6-7H2. The fraction of sp³-hybridized carbons (Fsp3) is 0.294. The molecule has 2 aromatic rings. The van der Waals surface area contributed by atoms with Crippen molar-refractivity contribution in [3.05, 3.63) is 58.4 Å². The maximum Gasteiger partial charge on any atom is 0.422 e. The smallest absolute Gasteiger partial charge is 0.422 e. The van der Waals surface area contributed by atoms with Crippen molar-refractivity contribution >= 4 is 11.6 Å². The molecular weight excluding hydrogens is 379 g/mol. The molecule has 0 bridgehead atoms. The summed E-state index contributed by atoms with van der Waals surface area (Å²) in [6.45, 7) is 0. The van der Waals surface area contributed by atoms with E-state index in [1.807, 2.05) is 6.07 Å². The Morgan fingerprint density at radius 3 is 2.35 bits per heavy atom. The summed E-state index contributed by atoms with van der Waals surface area (Å²) in [5, 5.41) is 8.68. The molecule has 0 aliphatic heterocycles. The van der Waals surface area contributed by atoms with Gasteiger partial charge in [-0.05, 0) is 23.8 Å². The van der Waals surface area contributed by atoms with Gasteiger partial charge in [0.2, 0.25) is 0 Å². The summed E-state index contributed by atoms with van der Waals surface area (Å²) in [6.07, 6.45) is -4.44. The number of ether oxygens (including phenoxy) is 1. The molecule has 3 rings (SSSR count). The Labute approximate surface area is 150 Å². The van der Waals surface area contributed by atoms with Crippen molar-refractivity contribution in [1.82, 2.24) is 4.98 Å². The molecule has 0 unspecified atom stereocenters. The molecule has 1 aliphatic carbocycles. The Morgan fingerprint density at radius 2 is 1.81 bits per heavy atom. The molecule has 1 saturated carbocycles. The van der Waals surface area contributed by atoms with Crippen LogP contribution >= 0.6 is 11.6 Å². The molecule has 3 nitrogen and oxygen atoms in total. The Morgan fingerprint density at radius 1 is 1.19 bits per heavy atom. The van der Waals surface area contributed by atoms with E-state index in [9.17, 15) is 27.2 Å². The molecule has 0 spiro atoms. The highest BCUT2D eigenvalue weighted by Gasteiger charge is 2.49. The summed E-state index contributed by atoms with van der Waals surface area (Å²) in [5.41, 5.74) is -2.29. The third-order valence-corrected chi connectivity index (χ3v) is 4.51. The summed E-state index contributed by atoms with van der Waals surface area (Å²) < 4.78 is 71.5. The third kappa shape index (κ3) is 3.31. The molecule has 0 saturated heterocycles. The quantitative estimate of drug-likeness (QED) is 0.547. The molecular formula is C17H10ClF5N2O. The number of hydrogen-bond donors (Lipinski definition) is 0. The Kier molecular flexibility index (Phi) is 4.53. The lowest BCUT2D eigenvalue weighted by Gasteiger charge is -2.42. The first kappa shape index (κ1) is 18.4. The molecule has 136 valence electrons. The van der Waals surface area contributed by atoms with Crippen LogP contribution in [0.2, 0.25) is 5.15 Å². The maximum atomic E-state index is 13.4. The van der Waals surface area contributed by atoms with Gasteiger partial charge in [-0.15, -0.1) is 0 Å². The van der Waals surface area contributed by atoms with Crippen LogP contribution in [-0.4, -0.2) is 11.1 Å². The number of pyridine rings is 1. The van der Waals surface area contributed by atoms with E-state index in [1.54, 1.807) is 0 Å². The number of aromatic nitrogens is 1. The van der Waals surface area contributed by atoms with Crippen LogP contribution in [0.15, 0.2) is 30.5 Å². The SMILES string of the molecule is N#CC1(c2cc(F)cc(F)c2)CC(Oc2ccnc(Cl)c2C(F)(F)F)C1. The highest BCUT2D eigenvalue weighted by molar-refractivity contribution is 6.30. The average Bonchev–Trinajstić information content (AvgIpc) is 2.48. The van der Waals surface area contributed by atoms with Crippen LogP contribution in [0, 0.1) is 23.0 Å². The minimum atomic E-state index is -4.76. The minimum Gasteiger partial charge on any atom is -0.489 e. The molecule has 0 atom stereocenters. The van der Waals surface area contributed by atoms with Gasteiger partial charge in [-0.25, -0.2) is 13.8 Å². The lowest BCUT2D eigenvalue weighted by atomic mass is 9.63. The van der Waals surface area contributed by atoms with Gasteiger partial charge in [0, 0.05) is 25.1 Å². The van der Waals surface area contributed by atoms with E-state index < -0.39 is 45.8 Å². The topological polar surface area (TPSA) is 45.9 Å². The Hall–Kier alpha value is -2.40. The summed E-state index contributed by atoms with van der Waals surface area (Å²) >= 11 is 5.53. The van der Waals surface area contributed by atoms with Crippen LogP contribution in [0.3, 0.4) is 0 Å². The van der Waals surface area contributed by atoms with Crippen LogP contribution in [0.5, 0.6) is 5.75 Å². The number of rotatable bonds is 3. The molecule has 1 aromatic heterocycles. The van der Waals surface area contributed by atoms with Gasteiger partial charge in [0.05, 0.1) is 11.5 Å². The second kappa shape index (κ2) is 6.40. The zero-order chi connectivity index (χ0) is 19.1. The second-order valence-corrected chi connectivity index (χ2v) is 6.33. The molecule has 9 heteroatoms. The zero-order valence-corrected chi connectivity index (χ0v) is 13.7. The first-order valence-corrected chi connectivity index (χ1v) is 7.78. The van der Waals surface area contributed by atoms with Crippen molar-refractivity contribution in [2.24, 2.45) is 0 Å². The lowest BCUT2D eigenvalue weighted by molar-refractivity contribution is -0.139. The van der Waals surface area contributed by atoms with E-state index in [1.165, 1.54) is 0 Å². The second-order valence-electron chi connectivity index (χ2n) is 5.97.